The molecule has 43 heavy (non-hydrogen) atoms. The Balaban J connectivity index is 1.81. The zero-order valence-electron chi connectivity index (χ0n) is 23.6. The lowest BCUT2D eigenvalue weighted by Gasteiger charge is -2.38. The fraction of sp³-hybridized carbons (Fsp3) is 0.464. The average molecular weight is 619 g/mol. The number of aliphatic hydroxyl groups is 1. The molecule has 0 saturated carbocycles. The van der Waals surface area contributed by atoms with Crippen LogP contribution in [0.4, 0.5) is 42.5 Å². The average Bonchev–Trinajstić information content (AvgIpc) is 2.93. The minimum atomic E-state index is -4.52. The predicted octanol–water partition coefficient (Wildman–Crippen LogP) is 5.37. The molecule has 4 amide bonds. The van der Waals surface area contributed by atoms with Gasteiger partial charge in [0.15, 0.2) is 0 Å². The van der Waals surface area contributed by atoms with Gasteiger partial charge in [-0.3, -0.25) is 9.59 Å². The molecule has 9 nitrogen and oxygen atoms in total. The summed E-state index contributed by atoms with van der Waals surface area (Å²) in [6.45, 7) is 3.10. The first kappa shape index (κ1) is 33.5. The van der Waals surface area contributed by atoms with E-state index in [4.69, 9.17) is 4.74 Å². The highest BCUT2D eigenvalue weighted by Gasteiger charge is 2.35. The van der Waals surface area contributed by atoms with Gasteiger partial charge in [-0.2, -0.15) is 26.3 Å². The number of anilines is 2. The SMILES string of the molecule is C[C@H]1CN([C@@H](C)CO)C(=O)c2cc(NC(=O)CCC(F)(F)F)ccc2O[C@H]1CN(C)C(=O)Nc1ccc(C(F)(F)F)cc1. The molecule has 0 radical (unpaired) electrons. The predicted molar refractivity (Wildman–Crippen MR) is 145 cm³/mol. The lowest BCUT2D eigenvalue weighted by atomic mass is 9.99. The molecule has 3 N–H and O–H groups in total. The van der Waals surface area contributed by atoms with E-state index in [1.807, 2.05) is 0 Å². The smallest absolute Gasteiger partial charge is 0.416 e. The van der Waals surface area contributed by atoms with Gasteiger partial charge < -0.3 is 30.3 Å². The molecule has 236 valence electrons. The third-order valence-corrected chi connectivity index (χ3v) is 6.85. The van der Waals surface area contributed by atoms with Crippen LogP contribution in [0.1, 0.15) is 42.6 Å². The van der Waals surface area contributed by atoms with E-state index < -0.39 is 60.7 Å². The Hall–Kier alpha value is -4.01. The highest BCUT2D eigenvalue weighted by atomic mass is 19.4. The topological polar surface area (TPSA) is 111 Å². The van der Waals surface area contributed by atoms with Gasteiger partial charge in [-0.05, 0) is 49.4 Å². The van der Waals surface area contributed by atoms with Crippen LogP contribution < -0.4 is 15.4 Å². The monoisotopic (exact) mass is 618 g/mol. The number of fused-ring (bicyclic) bond motifs is 1. The van der Waals surface area contributed by atoms with Crippen LogP contribution in [0, 0.1) is 5.92 Å². The zero-order valence-corrected chi connectivity index (χ0v) is 23.6. The van der Waals surface area contributed by atoms with Crippen molar-refractivity contribution < 1.29 is 50.6 Å². The fourth-order valence-electron chi connectivity index (χ4n) is 4.31. The Morgan fingerprint density at radius 3 is 2.28 bits per heavy atom. The maximum atomic E-state index is 13.5. The number of alkyl halides is 6. The molecule has 0 unspecified atom stereocenters. The van der Waals surface area contributed by atoms with Gasteiger partial charge in [0.25, 0.3) is 5.91 Å². The number of carbonyl (C=O) groups excluding carboxylic acids is 3. The maximum absolute atomic E-state index is 13.5. The number of carbonyl (C=O) groups is 3. The third kappa shape index (κ3) is 9.24. The summed E-state index contributed by atoms with van der Waals surface area (Å²) >= 11 is 0. The summed E-state index contributed by atoms with van der Waals surface area (Å²) in [6.07, 6.45) is -11.9. The highest BCUT2D eigenvalue weighted by molar-refractivity contribution is 6.00. The summed E-state index contributed by atoms with van der Waals surface area (Å²) in [5.41, 5.74) is -0.671. The lowest BCUT2D eigenvalue weighted by Crippen LogP contribution is -2.50. The number of nitrogens with one attached hydrogen (secondary N) is 2. The Labute approximate surface area is 243 Å². The van der Waals surface area contributed by atoms with Gasteiger partial charge in [-0.15, -0.1) is 0 Å². The summed E-state index contributed by atoms with van der Waals surface area (Å²) < 4.78 is 82.2. The summed E-state index contributed by atoms with van der Waals surface area (Å²) in [5, 5.41) is 14.6. The van der Waals surface area contributed by atoms with Crippen molar-refractivity contribution in [3.05, 3.63) is 53.6 Å². The van der Waals surface area contributed by atoms with Crippen molar-refractivity contribution in [1.29, 1.82) is 0 Å². The largest absolute Gasteiger partial charge is 0.487 e. The molecule has 2 aromatic carbocycles. The highest BCUT2D eigenvalue weighted by Crippen LogP contribution is 2.32. The second-order valence-electron chi connectivity index (χ2n) is 10.4. The first-order valence-electron chi connectivity index (χ1n) is 13.3. The van der Waals surface area contributed by atoms with Crippen LogP contribution in [0.5, 0.6) is 5.75 Å². The lowest BCUT2D eigenvalue weighted by molar-refractivity contribution is -0.142. The van der Waals surface area contributed by atoms with Gasteiger partial charge in [-0.25, -0.2) is 4.79 Å². The summed E-state index contributed by atoms with van der Waals surface area (Å²) in [4.78, 5) is 41.0. The molecule has 0 saturated heterocycles. The Morgan fingerprint density at radius 2 is 1.70 bits per heavy atom. The first-order valence-corrected chi connectivity index (χ1v) is 13.3. The Kier molecular flexibility index (Phi) is 10.5. The number of hydrogen-bond acceptors (Lipinski definition) is 5. The van der Waals surface area contributed by atoms with E-state index in [1.54, 1.807) is 13.8 Å². The number of amides is 4. The van der Waals surface area contributed by atoms with Crippen molar-refractivity contribution in [2.24, 2.45) is 5.92 Å². The molecule has 2 aromatic rings. The number of nitrogens with zero attached hydrogens (tertiary/aromatic N) is 2. The number of rotatable bonds is 8. The van der Waals surface area contributed by atoms with Crippen molar-refractivity contribution in [1.82, 2.24) is 9.80 Å². The van der Waals surface area contributed by atoms with E-state index >= 15 is 0 Å². The van der Waals surface area contributed by atoms with Crippen LogP contribution in [0.15, 0.2) is 42.5 Å². The second-order valence-corrected chi connectivity index (χ2v) is 10.4. The molecule has 1 heterocycles. The minimum Gasteiger partial charge on any atom is -0.487 e. The summed E-state index contributed by atoms with van der Waals surface area (Å²) in [7, 11) is 1.45. The van der Waals surface area contributed by atoms with Crippen molar-refractivity contribution in [2.45, 2.75) is 51.2 Å². The van der Waals surface area contributed by atoms with Gasteiger partial charge in [0, 0.05) is 37.3 Å². The molecule has 1 aliphatic rings. The number of benzene rings is 2. The van der Waals surface area contributed by atoms with Crippen LogP contribution in [-0.2, 0) is 11.0 Å². The van der Waals surface area contributed by atoms with Crippen LogP contribution in [0.2, 0.25) is 0 Å². The van der Waals surface area contributed by atoms with Crippen molar-refractivity contribution in [2.75, 3.05) is 37.4 Å². The number of likely N-dealkylation sites (N-methyl/N-ethyl adjacent to an activating group) is 1. The molecule has 0 bridgehead atoms. The Morgan fingerprint density at radius 1 is 1.07 bits per heavy atom. The van der Waals surface area contributed by atoms with E-state index in [-0.39, 0.29) is 48.3 Å². The minimum absolute atomic E-state index is 0.0114. The fourth-order valence-corrected chi connectivity index (χ4v) is 4.31. The summed E-state index contributed by atoms with van der Waals surface area (Å²) in [5.74, 6) is -1.73. The van der Waals surface area contributed by atoms with Gasteiger partial charge in [0.05, 0.1) is 36.7 Å². The maximum Gasteiger partial charge on any atom is 0.416 e. The van der Waals surface area contributed by atoms with E-state index in [2.05, 4.69) is 10.6 Å². The molecular formula is C28H32F6N4O5. The number of aliphatic hydroxyl groups excluding tert-OH is 1. The van der Waals surface area contributed by atoms with Crippen LogP contribution >= 0.6 is 0 Å². The number of ether oxygens (including phenoxy) is 1. The first-order chi connectivity index (χ1) is 20.0. The van der Waals surface area contributed by atoms with E-state index in [0.29, 0.717) is 0 Å². The van der Waals surface area contributed by atoms with Crippen LogP contribution in [0.25, 0.3) is 0 Å². The number of halogens is 6. The molecule has 3 atom stereocenters. The normalized spacial score (nSPS) is 18.1. The molecule has 0 fully saturated rings. The molecule has 1 aliphatic heterocycles. The van der Waals surface area contributed by atoms with Gasteiger partial charge in [0.1, 0.15) is 11.9 Å². The van der Waals surface area contributed by atoms with Crippen LogP contribution in [0.3, 0.4) is 0 Å². The Bertz CT molecular complexity index is 1300. The van der Waals surface area contributed by atoms with E-state index in [1.165, 1.54) is 35.0 Å². The molecule has 15 heteroatoms. The second kappa shape index (κ2) is 13.5. The molecular weight excluding hydrogens is 586 g/mol. The molecule has 0 spiro atoms. The standard InChI is InChI=1S/C28H32F6N4O5/c1-16-13-38(17(2)15-39)25(41)21-12-20(35-24(40)10-11-27(29,30)31)8-9-22(21)43-23(16)14-37(3)26(42)36-19-6-4-18(5-7-19)28(32,33)34/h4-9,12,16-17,23,39H,10-11,13-15H2,1-3H3,(H,35,40)(H,36,42)/t16-,17-,23-/m0/s1. The van der Waals surface area contributed by atoms with Crippen molar-refractivity contribution >= 4 is 29.2 Å². The third-order valence-electron chi connectivity index (χ3n) is 6.85. The van der Waals surface area contributed by atoms with Crippen molar-refractivity contribution in [3.8, 4) is 5.75 Å². The van der Waals surface area contributed by atoms with Gasteiger partial charge >= 0.3 is 18.4 Å². The van der Waals surface area contributed by atoms with Crippen LogP contribution in [-0.4, -0.2) is 77.8 Å². The number of hydrogen-bond donors (Lipinski definition) is 3. The van der Waals surface area contributed by atoms with E-state index in [0.717, 1.165) is 24.3 Å². The van der Waals surface area contributed by atoms with Gasteiger partial charge in [-0.1, -0.05) is 6.92 Å². The number of urea groups is 1. The summed E-state index contributed by atoms with van der Waals surface area (Å²) in [6, 6.07) is 6.68. The zero-order chi connectivity index (χ0) is 32.1. The molecule has 3 rings (SSSR count). The van der Waals surface area contributed by atoms with Crippen molar-refractivity contribution in [3.63, 3.8) is 0 Å². The van der Waals surface area contributed by atoms with E-state index in [9.17, 15) is 45.8 Å². The molecule has 0 aromatic heterocycles. The molecule has 0 aliphatic carbocycles. The quantitative estimate of drug-likeness (QED) is 0.345. The van der Waals surface area contributed by atoms with Gasteiger partial charge in [0.2, 0.25) is 5.91 Å².